The number of ether oxygens (including phenoxy) is 1. The Kier molecular flexibility index (Phi) is 4.74. The largest absolute Gasteiger partial charge is 0.504 e. The summed E-state index contributed by atoms with van der Waals surface area (Å²) < 4.78 is 43.5. The fraction of sp³-hybridized carbons (Fsp3) is 0.118. The number of phenols is 1. The molecule has 0 radical (unpaired) electrons. The molecule has 0 saturated heterocycles. The van der Waals surface area contributed by atoms with Crippen molar-refractivity contribution in [3.05, 3.63) is 65.2 Å². The molecule has 0 bridgehead atoms. The van der Waals surface area contributed by atoms with Gasteiger partial charge in [0, 0.05) is 5.56 Å². The van der Waals surface area contributed by atoms with Crippen LogP contribution in [-0.2, 0) is 6.18 Å². The van der Waals surface area contributed by atoms with Crippen molar-refractivity contribution in [2.75, 3.05) is 7.11 Å². The number of hydrogen-bond acceptors (Lipinski definition) is 3. The third-order valence-corrected chi connectivity index (χ3v) is 3.11. The van der Waals surface area contributed by atoms with Crippen molar-refractivity contribution in [2.24, 2.45) is 0 Å². The maximum atomic E-state index is 12.9. The van der Waals surface area contributed by atoms with Crippen molar-refractivity contribution in [3.63, 3.8) is 0 Å². The normalized spacial score (nSPS) is 11.7. The molecule has 0 aliphatic rings. The maximum Gasteiger partial charge on any atom is 0.420 e. The van der Waals surface area contributed by atoms with E-state index in [0.29, 0.717) is 5.56 Å². The van der Waals surface area contributed by atoms with E-state index in [2.05, 4.69) is 0 Å². The van der Waals surface area contributed by atoms with Crippen molar-refractivity contribution >= 4 is 11.9 Å². The Balaban J connectivity index is 2.37. The molecule has 0 heterocycles. The second-order valence-electron chi connectivity index (χ2n) is 4.68. The fourth-order valence-corrected chi connectivity index (χ4v) is 1.97. The molecule has 0 saturated carbocycles. The number of aromatic hydroxyl groups is 1. The average Bonchev–Trinajstić information content (AvgIpc) is 2.53. The summed E-state index contributed by atoms with van der Waals surface area (Å²) in [6, 6.07) is 10.3. The number of halogens is 3. The minimum absolute atomic E-state index is 0.0938. The highest BCUT2D eigenvalue weighted by Gasteiger charge is 2.35. The molecule has 0 aromatic heterocycles. The smallest absolute Gasteiger partial charge is 0.420 e. The summed E-state index contributed by atoms with van der Waals surface area (Å²) in [5.74, 6) is -1.63. The standard InChI is InChI=1S/C17H13F3O3/c1-23-15-10-11(9-13(16(15)22)17(18,19)20)7-8-14(21)12-5-3-2-4-6-12/h2-10,22H,1H3. The van der Waals surface area contributed by atoms with E-state index < -0.39 is 17.5 Å². The number of phenolic OH excluding ortho intramolecular Hbond substituents is 1. The van der Waals surface area contributed by atoms with Gasteiger partial charge in [0.1, 0.15) is 5.56 Å². The van der Waals surface area contributed by atoms with Crippen LogP contribution in [0, 0.1) is 0 Å². The molecule has 0 atom stereocenters. The third kappa shape index (κ3) is 3.91. The summed E-state index contributed by atoms with van der Waals surface area (Å²) in [5, 5.41) is 9.57. The van der Waals surface area contributed by atoms with Crippen molar-refractivity contribution in [1.82, 2.24) is 0 Å². The molecule has 2 aromatic carbocycles. The molecule has 2 aromatic rings. The zero-order valence-electron chi connectivity index (χ0n) is 12.1. The maximum absolute atomic E-state index is 12.9. The van der Waals surface area contributed by atoms with Crippen molar-refractivity contribution in [1.29, 1.82) is 0 Å². The van der Waals surface area contributed by atoms with Crippen LogP contribution in [0.4, 0.5) is 13.2 Å². The van der Waals surface area contributed by atoms with E-state index in [9.17, 15) is 23.1 Å². The van der Waals surface area contributed by atoms with Gasteiger partial charge in [-0.2, -0.15) is 13.2 Å². The number of carbonyl (C=O) groups is 1. The third-order valence-electron chi connectivity index (χ3n) is 3.11. The average molecular weight is 322 g/mol. The van der Waals surface area contributed by atoms with Crippen LogP contribution in [0.1, 0.15) is 21.5 Å². The van der Waals surface area contributed by atoms with Gasteiger partial charge in [0.25, 0.3) is 0 Å². The molecule has 0 aliphatic heterocycles. The Hall–Kier alpha value is -2.76. The lowest BCUT2D eigenvalue weighted by Crippen LogP contribution is -2.06. The molecular formula is C17H13F3O3. The van der Waals surface area contributed by atoms with E-state index in [1.165, 1.54) is 18.2 Å². The van der Waals surface area contributed by atoms with E-state index in [4.69, 9.17) is 4.74 Å². The van der Waals surface area contributed by atoms with Crippen molar-refractivity contribution in [3.8, 4) is 11.5 Å². The molecule has 120 valence electrons. The summed E-state index contributed by atoms with van der Waals surface area (Å²) in [6.07, 6.45) is -2.32. The lowest BCUT2D eigenvalue weighted by atomic mass is 10.1. The molecule has 23 heavy (non-hydrogen) atoms. The lowest BCUT2D eigenvalue weighted by Gasteiger charge is -2.13. The van der Waals surface area contributed by atoms with Crippen LogP contribution < -0.4 is 4.74 Å². The highest BCUT2D eigenvalue weighted by molar-refractivity contribution is 6.06. The van der Waals surface area contributed by atoms with Crippen LogP contribution in [0.5, 0.6) is 11.5 Å². The monoisotopic (exact) mass is 322 g/mol. The van der Waals surface area contributed by atoms with Gasteiger partial charge in [-0.25, -0.2) is 0 Å². The number of rotatable bonds is 4. The minimum atomic E-state index is -4.73. The van der Waals surface area contributed by atoms with Gasteiger partial charge in [0.2, 0.25) is 0 Å². The molecule has 0 unspecified atom stereocenters. The zero-order chi connectivity index (χ0) is 17.0. The Labute approximate surface area is 130 Å². The second-order valence-corrected chi connectivity index (χ2v) is 4.68. The molecule has 0 spiro atoms. The van der Waals surface area contributed by atoms with E-state index in [-0.39, 0.29) is 17.1 Å². The van der Waals surface area contributed by atoms with Crippen LogP contribution in [0.15, 0.2) is 48.5 Å². The topological polar surface area (TPSA) is 46.5 Å². The first kappa shape index (κ1) is 16.6. The first-order valence-electron chi connectivity index (χ1n) is 6.58. The highest BCUT2D eigenvalue weighted by Crippen LogP contribution is 2.41. The van der Waals surface area contributed by atoms with Crippen LogP contribution >= 0.6 is 0 Å². The van der Waals surface area contributed by atoms with Crippen LogP contribution in [0.3, 0.4) is 0 Å². The van der Waals surface area contributed by atoms with Gasteiger partial charge in [0.15, 0.2) is 17.3 Å². The van der Waals surface area contributed by atoms with E-state index in [1.54, 1.807) is 30.3 Å². The zero-order valence-corrected chi connectivity index (χ0v) is 12.1. The quantitative estimate of drug-likeness (QED) is 0.674. The minimum Gasteiger partial charge on any atom is -0.504 e. The van der Waals surface area contributed by atoms with Gasteiger partial charge in [-0.05, 0) is 23.8 Å². The Bertz CT molecular complexity index is 735. The van der Waals surface area contributed by atoms with Gasteiger partial charge < -0.3 is 9.84 Å². The summed E-state index contributed by atoms with van der Waals surface area (Å²) in [4.78, 5) is 11.9. The van der Waals surface area contributed by atoms with Crippen LogP contribution in [0.2, 0.25) is 0 Å². The number of hydrogen-bond donors (Lipinski definition) is 1. The molecular weight excluding hydrogens is 309 g/mol. The van der Waals surface area contributed by atoms with Crippen molar-refractivity contribution in [2.45, 2.75) is 6.18 Å². The SMILES string of the molecule is COc1cc(C=CC(=O)c2ccccc2)cc(C(F)(F)F)c1O. The number of benzene rings is 2. The fourth-order valence-electron chi connectivity index (χ4n) is 1.97. The van der Waals surface area contributed by atoms with Gasteiger partial charge in [-0.15, -0.1) is 0 Å². The molecule has 2 rings (SSSR count). The van der Waals surface area contributed by atoms with E-state index >= 15 is 0 Å². The van der Waals surface area contributed by atoms with Crippen LogP contribution in [0.25, 0.3) is 6.08 Å². The number of carbonyl (C=O) groups excluding carboxylic acids is 1. The second kappa shape index (κ2) is 6.56. The first-order chi connectivity index (χ1) is 10.8. The first-order valence-corrected chi connectivity index (χ1v) is 6.58. The molecule has 0 aliphatic carbocycles. The van der Waals surface area contributed by atoms with Gasteiger partial charge in [-0.3, -0.25) is 4.79 Å². The lowest BCUT2D eigenvalue weighted by molar-refractivity contribution is -0.138. The molecule has 3 nitrogen and oxygen atoms in total. The summed E-state index contributed by atoms with van der Waals surface area (Å²) in [5.41, 5.74) is -0.703. The number of allylic oxidation sites excluding steroid dienone is 1. The van der Waals surface area contributed by atoms with Crippen LogP contribution in [-0.4, -0.2) is 18.0 Å². The predicted octanol–water partition coefficient (Wildman–Crippen LogP) is 4.32. The van der Waals surface area contributed by atoms with E-state index in [1.807, 2.05) is 0 Å². The highest BCUT2D eigenvalue weighted by atomic mass is 19.4. The Morgan fingerprint density at radius 3 is 2.39 bits per heavy atom. The summed E-state index contributed by atoms with van der Waals surface area (Å²) in [6.45, 7) is 0. The van der Waals surface area contributed by atoms with Crippen molar-refractivity contribution < 1.29 is 27.8 Å². The van der Waals surface area contributed by atoms with E-state index in [0.717, 1.165) is 13.2 Å². The summed E-state index contributed by atoms with van der Waals surface area (Å²) >= 11 is 0. The molecule has 0 fully saturated rings. The van der Waals surface area contributed by atoms with Gasteiger partial charge in [0.05, 0.1) is 7.11 Å². The molecule has 6 heteroatoms. The number of methoxy groups -OCH3 is 1. The number of ketones is 1. The molecule has 1 N–H and O–H groups in total. The Morgan fingerprint density at radius 1 is 1.17 bits per heavy atom. The predicted molar refractivity (Wildman–Crippen MR) is 79.5 cm³/mol. The Morgan fingerprint density at radius 2 is 1.83 bits per heavy atom. The summed E-state index contributed by atoms with van der Waals surface area (Å²) in [7, 11) is 1.15. The van der Waals surface area contributed by atoms with Gasteiger partial charge >= 0.3 is 6.18 Å². The van der Waals surface area contributed by atoms with Gasteiger partial charge in [-0.1, -0.05) is 36.4 Å². The number of alkyl halides is 3. The molecule has 0 amide bonds.